The zero-order valence-electron chi connectivity index (χ0n) is 11.6. The van der Waals surface area contributed by atoms with Crippen LogP contribution >= 0.6 is 11.3 Å². The maximum absolute atomic E-state index is 11.8. The van der Waals surface area contributed by atoms with Gasteiger partial charge in [0.05, 0.1) is 17.9 Å². The first-order valence-electron chi connectivity index (χ1n) is 6.62. The lowest BCUT2D eigenvalue weighted by Crippen LogP contribution is -2.28. The van der Waals surface area contributed by atoms with E-state index in [1.807, 2.05) is 35.7 Å². The molecule has 0 spiro atoms. The molecule has 22 heavy (non-hydrogen) atoms. The Morgan fingerprint density at radius 1 is 1.14 bits per heavy atom. The molecule has 0 saturated carbocycles. The average Bonchev–Trinajstić information content (AvgIpc) is 3.03. The second-order valence-corrected chi connectivity index (χ2v) is 5.26. The van der Waals surface area contributed by atoms with E-state index in [0.29, 0.717) is 11.7 Å². The van der Waals surface area contributed by atoms with E-state index in [0.717, 1.165) is 17.0 Å². The first-order chi connectivity index (χ1) is 10.8. The molecule has 3 heterocycles. The second-order valence-electron chi connectivity index (χ2n) is 4.40. The van der Waals surface area contributed by atoms with E-state index < -0.39 is 0 Å². The SMILES string of the molecule is O=C(NCc1ccccn1)Nc1nc(-c2ccncc2)cs1. The van der Waals surface area contributed by atoms with Crippen molar-refractivity contribution in [3.8, 4) is 11.3 Å². The Balaban J connectivity index is 1.57. The molecule has 0 fully saturated rings. The topological polar surface area (TPSA) is 79.8 Å². The molecule has 0 radical (unpaired) electrons. The van der Waals surface area contributed by atoms with Gasteiger partial charge in [-0.1, -0.05) is 6.07 Å². The maximum atomic E-state index is 11.8. The number of rotatable bonds is 4. The molecule has 3 rings (SSSR count). The molecule has 3 aromatic rings. The minimum absolute atomic E-state index is 0.304. The summed E-state index contributed by atoms with van der Waals surface area (Å²) in [5, 5.41) is 7.90. The van der Waals surface area contributed by atoms with Crippen LogP contribution in [0.5, 0.6) is 0 Å². The second kappa shape index (κ2) is 6.77. The number of amides is 2. The van der Waals surface area contributed by atoms with Crippen LogP contribution in [0, 0.1) is 0 Å². The zero-order chi connectivity index (χ0) is 15.2. The fraction of sp³-hybridized carbons (Fsp3) is 0.0667. The summed E-state index contributed by atoms with van der Waals surface area (Å²) in [6.45, 7) is 0.370. The zero-order valence-corrected chi connectivity index (χ0v) is 12.4. The average molecular weight is 311 g/mol. The Morgan fingerprint density at radius 3 is 2.77 bits per heavy atom. The van der Waals surface area contributed by atoms with E-state index in [2.05, 4.69) is 25.6 Å². The molecule has 0 atom stereocenters. The number of carbonyl (C=O) groups excluding carboxylic acids is 1. The van der Waals surface area contributed by atoms with Crippen LogP contribution in [0.25, 0.3) is 11.3 Å². The predicted octanol–water partition coefficient (Wildman–Crippen LogP) is 2.92. The Bertz CT molecular complexity index is 745. The Morgan fingerprint density at radius 2 is 2.00 bits per heavy atom. The van der Waals surface area contributed by atoms with Crippen molar-refractivity contribution < 1.29 is 4.79 Å². The highest BCUT2D eigenvalue weighted by Gasteiger charge is 2.07. The van der Waals surface area contributed by atoms with E-state index in [-0.39, 0.29) is 6.03 Å². The van der Waals surface area contributed by atoms with Gasteiger partial charge in [-0.2, -0.15) is 0 Å². The highest BCUT2D eigenvalue weighted by atomic mass is 32.1. The molecule has 3 aromatic heterocycles. The molecule has 7 heteroatoms. The van der Waals surface area contributed by atoms with Crippen LogP contribution in [0.4, 0.5) is 9.93 Å². The van der Waals surface area contributed by atoms with Crippen LogP contribution in [0.2, 0.25) is 0 Å². The van der Waals surface area contributed by atoms with E-state index >= 15 is 0 Å². The standard InChI is InChI=1S/C15H13N5OS/c21-14(18-9-12-3-1-2-6-17-12)20-15-19-13(10-22-15)11-4-7-16-8-5-11/h1-8,10H,9H2,(H2,18,19,20,21). The fourth-order valence-corrected chi connectivity index (χ4v) is 2.52. The van der Waals surface area contributed by atoms with Gasteiger partial charge in [-0.25, -0.2) is 9.78 Å². The number of carbonyl (C=O) groups is 1. The summed E-state index contributed by atoms with van der Waals surface area (Å²) in [4.78, 5) is 24.3. The summed E-state index contributed by atoms with van der Waals surface area (Å²) >= 11 is 1.38. The number of nitrogens with zero attached hydrogens (tertiary/aromatic N) is 3. The van der Waals surface area contributed by atoms with Gasteiger partial charge in [0.25, 0.3) is 0 Å². The normalized spacial score (nSPS) is 10.2. The number of urea groups is 1. The van der Waals surface area contributed by atoms with Crippen LogP contribution in [0.3, 0.4) is 0 Å². The lowest BCUT2D eigenvalue weighted by atomic mass is 10.2. The highest BCUT2D eigenvalue weighted by Crippen LogP contribution is 2.24. The third kappa shape index (κ3) is 3.64. The van der Waals surface area contributed by atoms with Gasteiger partial charge in [0.2, 0.25) is 0 Å². The fourth-order valence-electron chi connectivity index (χ4n) is 1.80. The van der Waals surface area contributed by atoms with Crippen molar-refractivity contribution in [3.63, 3.8) is 0 Å². The highest BCUT2D eigenvalue weighted by molar-refractivity contribution is 7.14. The predicted molar refractivity (Wildman–Crippen MR) is 85.4 cm³/mol. The van der Waals surface area contributed by atoms with E-state index in [1.54, 1.807) is 18.6 Å². The minimum Gasteiger partial charge on any atom is -0.332 e. The smallest absolute Gasteiger partial charge is 0.321 e. The van der Waals surface area contributed by atoms with Gasteiger partial charge < -0.3 is 5.32 Å². The van der Waals surface area contributed by atoms with Crippen LogP contribution in [0.1, 0.15) is 5.69 Å². The number of hydrogen-bond acceptors (Lipinski definition) is 5. The van der Waals surface area contributed by atoms with Crippen molar-refractivity contribution in [2.75, 3.05) is 5.32 Å². The Labute approximate surface area is 131 Å². The molecule has 2 amide bonds. The molecular weight excluding hydrogens is 298 g/mol. The van der Waals surface area contributed by atoms with Crippen molar-refractivity contribution >= 4 is 22.5 Å². The number of anilines is 1. The van der Waals surface area contributed by atoms with Crippen molar-refractivity contribution in [1.82, 2.24) is 20.3 Å². The maximum Gasteiger partial charge on any atom is 0.321 e. The van der Waals surface area contributed by atoms with Crippen molar-refractivity contribution in [2.24, 2.45) is 0 Å². The molecule has 0 unspecified atom stereocenters. The number of aromatic nitrogens is 3. The van der Waals surface area contributed by atoms with Crippen molar-refractivity contribution in [1.29, 1.82) is 0 Å². The van der Waals surface area contributed by atoms with Crippen molar-refractivity contribution in [2.45, 2.75) is 6.54 Å². The van der Waals surface area contributed by atoms with Crippen LogP contribution in [-0.2, 0) is 6.54 Å². The molecule has 0 aliphatic rings. The molecule has 0 aliphatic carbocycles. The van der Waals surface area contributed by atoms with Gasteiger partial charge in [0.1, 0.15) is 0 Å². The largest absolute Gasteiger partial charge is 0.332 e. The summed E-state index contributed by atoms with van der Waals surface area (Å²) in [7, 11) is 0. The number of thiazole rings is 1. The van der Waals surface area contributed by atoms with Crippen molar-refractivity contribution in [3.05, 3.63) is 60.0 Å². The molecule has 0 bridgehead atoms. The third-order valence-electron chi connectivity index (χ3n) is 2.86. The van der Waals surface area contributed by atoms with E-state index in [1.165, 1.54) is 11.3 Å². The summed E-state index contributed by atoms with van der Waals surface area (Å²) in [6, 6.07) is 9.01. The summed E-state index contributed by atoms with van der Waals surface area (Å²) in [5.74, 6) is 0. The van der Waals surface area contributed by atoms with Gasteiger partial charge >= 0.3 is 6.03 Å². The Kier molecular flexibility index (Phi) is 4.35. The van der Waals surface area contributed by atoms with Crippen LogP contribution in [-0.4, -0.2) is 21.0 Å². The number of hydrogen-bond donors (Lipinski definition) is 2. The molecule has 110 valence electrons. The molecule has 0 aliphatic heterocycles. The first-order valence-corrected chi connectivity index (χ1v) is 7.50. The third-order valence-corrected chi connectivity index (χ3v) is 3.61. The summed E-state index contributed by atoms with van der Waals surface area (Å²) in [6.07, 6.45) is 5.11. The minimum atomic E-state index is -0.304. The lowest BCUT2D eigenvalue weighted by molar-refractivity contribution is 0.251. The van der Waals surface area contributed by atoms with Gasteiger partial charge in [0.15, 0.2) is 5.13 Å². The van der Waals surface area contributed by atoms with Crippen LogP contribution in [0.15, 0.2) is 54.3 Å². The molecule has 0 aromatic carbocycles. The summed E-state index contributed by atoms with van der Waals surface area (Å²) < 4.78 is 0. The lowest BCUT2D eigenvalue weighted by Gasteiger charge is -2.04. The first kappa shape index (κ1) is 14.2. The van der Waals surface area contributed by atoms with E-state index in [4.69, 9.17) is 0 Å². The van der Waals surface area contributed by atoms with Crippen LogP contribution < -0.4 is 10.6 Å². The monoisotopic (exact) mass is 311 g/mol. The molecule has 2 N–H and O–H groups in total. The molecule has 0 saturated heterocycles. The van der Waals surface area contributed by atoms with E-state index in [9.17, 15) is 4.79 Å². The molecular formula is C15H13N5OS. The molecule has 6 nitrogen and oxygen atoms in total. The van der Waals surface area contributed by atoms with Gasteiger partial charge in [0, 0.05) is 29.5 Å². The number of nitrogens with one attached hydrogen (secondary N) is 2. The summed E-state index contributed by atoms with van der Waals surface area (Å²) in [5.41, 5.74) is 2.58. The van der Waals surface area contributed by atoms with Gasteiger partial charge in [-0.3, -0.25) is 15.3 Å². The van der Waals surface area contributed by atoms with Gasteiger partial charge in [-0.05, 0) is 24.3 Å². The quantitative estimate of drug-likeness (QED) is 0.776. The number of pyridine rings is 2. The van der Waals surface area contributed by atoms with Gasteiger partial charge in [-0.15, -0.1) is 11.3 Å². The Hall–Kier alpha value is -2.80.